The van der Waals surface area contributed by atoms with Gasteiger partial charge in [0.05, 0.1) is 18.3 Å². The number of aromatic nitrogens is 1. The number of pyridine rings is 1. The Bertz CT molecular complexity index is 866. The average molecular weight is 371 g/mol. The maximum atomic E-state index is 11.8. The molecule has 0 spiro atoms. The zero-order valence-electron chi connectivity index (χ0n) is 15.8. The van der Waals surface area contributed by atoms with E-state index in [1.165, 1.54) is 0 Å². The van der Waals surface area contributed by atoms with Crippen LogP contribution < -0.4 is 20.5 Å². The molecule has 1 aliphatic rings. The van der Waals surface area contributed by atoms with Crippen LogP contribution in [0.15, 0.2) is 24.4 Å². The van der Waals surface area contributed by atoms with E-state index >= 15 is 0 Å². The number of primary amides is 1. The molecule has 2 heterocycles. The molecule has 0 radical (unpaired) electrons. The molecule has 0 aliphatic carbocycles. The van der Waals surface area contributed by atoms with Crippen LogP contribution >= 0.6 is 0 Å². The summed E-state index contributed by atoms with van der Waals surface area (Å²) in [4.78, 5) is 27.7. The van der Waals surface area contributed by atoms with Crippen LogP contribution in [0.3, 0.4) is 0 Å². The first-order chi connectivity index (χ1) is 12.8. The van der Waals surface area contributed by atoms with Crippen LogP contribution in [0.1, 0.15) is 44.0 Å². The molecule has 1 saturated heterocycles. The Hall–Kier alpha value is -2.83. The van der Waals surface area contributed by atoms with Crippen LogP contribution in [-0.2, 0) is 4.79 Å². The van der Waals surface area contributed by atoms with E-state index in [0.717, 1.165) is 17.2 Å². The van der Waals surface area contributed by atoms with E-state index in [1.807, 2.05) is 20.8 Å². The molecule has 144 valence electrons. The van der Waals surface area contributed by atoms with Crippen molar-refractivity contribution in [3.63, 3.8) is 0 Å². The van der Waals surface area contributed by atoms with Crippen molar-refractivity contribution in [2.24, 2.45) is 11.7 Å². The van der Waals surface area contributed by atoms with Gasteiger partial charge in [-0.05, 0) is 43.9 Å². The number of amides is 2. The minimum atomic E-state index is -0.544. The predicted molar refractivity (Wildman–Crippen MR) is 102 cm³/mol. The van der Waals surface area contributed by atoms with Gasteiger partial charge >= 0.3 is 0 Å². The summed E-state index contributed by atoms with van der Waals surface area (Å²) < 4.78 is 11.6. The van der Waals surface area contributed by atoms with Crippen LogP contribution in [0.4, 0.5) is 0 Å². The molecule has 3 rings (SSSR count). The number of rotatable bonds is 7. The molecule has 1 aliphatic heterocycles. The maximum Gasteiger partial charge on any atom is 0.252 e. The number of benzene rings is 1. The fraction of sp³-hybridized carbons (Fsp3) is 0.450. The largest absolute Gasteiger partial charge is 0.490 e. The van der Waals surface area contributed by atoms with Crippen molar-refractivity contribution in [3.8, 4) is 11.6 Å². The molecule has 0 bridgehead atoms. The van der Waals surface area contributed by atoms with Gasteiger partial charge in [-0.3, -0.25) is 9.59 Å². The lowest BCUT2D eigenvalue weighted by Gasteiger charge is -2.16. The Morgan fingerprint density at radius 3 is 2.81 bits per heavy atom. The first-order valence-corrected chi connectivity index (χ1v) is 9.17. The van der Waals surface area contributed by atoms with Crippen molar-refractivity contribution < 1.29 is 19.1 Å². The van der Waals surface area contributed by atoms with Gasteiger partial charge in [-0.15, -0.1) is 0 Å². The van der Waals surface area contributed by atoms with Crippen LogP contribution in [0.2, 0.25) is 0 Å². The van der Waals surface area contributed by atoms with E-state index in [9.17, 15) is 9.59 Å². The number of nitrogens with two attached hydrogens (primary N) is 1. The minimum Gasteiger partial charge on any atom is -0.490 e. The lowest BCUT2D eigenvalue weighted by molar-refractivity contribution is -0.122. The van der Waals surface area contributed by atoms with Crippen molar-refractivity contribution in [1.29, 1.82) is 0 Å². The molecule has 1 fully saturated rings. The zero-order valence-corrected chi connectivity index (χ0v) is 15.8. The van der Waals surface area contributed by atoms with Crippen molar-refractivity contribution >= 4 is 22.6 Å². The number of fused-ring (bicyclic) bond motifs is 1. The number of nitrogens with zero attached hydrogens (tertiary/aromatic N) is 1. The summed E-state index contributed by atoms with van der Waals surface area (Å²) in [6.45, 7) is 6.12. The first-order valence-electron chi connectivity index (χ1n) is 9.17. The van der Waals surface area contributed by atoms with Crippen molar-refractivity contribution in [2.75, 3.05) is 6.61 Å². The van der Waals surface area contributed by atoms with Crippen LogP contribution in [0, 0.1) is 5.92 Å². The van der Waals surface area contributed by atoms with E-state index in [1.54, 1.807) is 24.4 Å². The van der Waals surface area contributed by atoms with Gasteiger partial charge in [0.25, 0.3) is 5.91 Å². The second-order valence-electron chi connectivity index (χ2n) is 7.20. The van der Waals surface area contributed by atoms with E-state index in [4.69, 9.17) is 15.2 Å². The fourth-order valence-electron chi connectivity index (χ4n) is 3.26. The van der Waals surface area contributed by atoms with Crippen molar-refractivity contribution in [1.82, 2.24) is 10.3 Å². The molecule has 1 aromatic heterocycles. The second-order valence-corrected chi connectivity index (χ2v) is 7.20. The Labute approximate surface area is 158 Å². The van der Waals surface area contributed by atoms with Gasteiger partial charge in [-0.25, -0.2) is 4.98 Å². The second kappa shape index (κ2) is 7.82. The topological polar surface area (TPSA) is 104 Å². The third-order valence-electron chi connectivity index (χ3n) is 4.59. The predicted octanol–water partition coefficient (Wildman–Crippen LogP) is 2.41. The zero-order chi connectivity index (χ0) is 19.6. The highest BCUT2D eigenvalue weighted by molar-refractivity contribution is 6.01. The fourth-order valence-corrected chi connectivity index (χ4v) is 3.26. The normalized spacial score (nSPS) is 19.3. The van der Waals surface area contributed by atoms with E-state index in [0.29, 0.717) is 30.2 Å². The van der Waals surface area contributed by atoms with Gasteiger partial charge in [0.1, 0.15) is 5.75 Å². The summed E-state index contributed by atoms with van der Waals surface area (Å²) >= 11 is 0. The molecular weight excluding hydrogens is 346 g/mol. The van der Waals surface area contributed by atoms with E-state index < -0.39 is 5.91 Å². The van der Waals surface area contributed by atoms with Gasteiger partial charge in [-0.1, -0.05) is 6.92 Å². The lowest BCUT2D eigenvalue weighted by Crippen LogP contribution is -2.27. The number of hydrogen-bond acceptors (Lipinski definition) is 5. The Balaban J connectivity index is 1.81. The van der Waals surface area contributed by atoms with E-state index in [2.05, 4.69) is 10.3 Å². The smallest absolute Gasteiger partial charge is 0.252 e. The van der Waals surface area contributed by atoms with Crippen molar-refractivity contribution in [3.05, 3.63) is 30.0 Å². The van der Waals surface area contributed by atoms with Gasteiger partial charge < -0.3 is 20.5 Å². The average Bonchev–Trinajstić information content (AvgIpc) is 2.92. The number of nitrogens with one attached hydrogen (secondary N) is 1. The number of carbonyl (C=O) groups is 2. The highest BCUT2D eigenvalue weighted by atomic mass is 16.5. The molecule has 2 aromatic rings. The summed E-state index contributed by atoms with van der Waals surface area (Å²) in [5.41, 5.74) is 5.82. The molecule has 27 heavy (non-hydrogen) atoms. The molecule has 1 aromatic carbocycles. The summed E-state index contributed by atoms with van der Waals surface area (Å²) in [6.07, 6.45) is 3.06. The summed E-state index contributed by atoms with van der Waals surface area (Å²) in [7, 11) is 0. The molecule has 3 N–H and O–H groups in total. The number of hydrogen-bond donors (Lipinski definition) is 2. The highest BCUT2D eigenvalue weighted by Gasteiger charge is 2.28. The van der Waals surface area contributed by atoms with Crippen LogP contribution in [0.25, 0.3) is 10.8 Å². The third kappa shape index (κ3) is 4.30. The monoisotopic (exact) mass is 371 g/mol. The van der Waals surface area contributed by atoms with Gasteiger partial charge in [0, 0.05) is 30.0 Å². The third-order valence-corrected chi connectivity index (χ3v) is 4.59. The minimum absolute atomic E-state index is 0.0497. The molecule has 0 unspecified atom stereocenters. The quantitative estimate of drug-likeness (QED) is 0.778. The number of carbonyl (C=O) groups excluding carboxylic acids is 2. The summed E-state index contributed by atoms with van der Waals surface area (Å²) in [6, 6.07) is 5.37. The molecule has 7 heteroatoms. The molecule has 0 saturated carbocycles. The van der Waals surface area contributed by atoms with Gasteiger partial charge in [0.15, 0.2) is 0 Å². The molecule has 7 nitrogen and oxygen atoms in total. The molecular formula is C20H25N3O4. The maximum absolute atomic E-state index is 11.8. The van der Waals surface area contributed by atoms with E-state index in [-0.39, 0.29) is 24.0 Å². The van der Waals surface area contributed by atoms with Gasteiger partial charge in [0.2, 0.25) is 11.8 Å². The Morgan fingerprint density at radius 1 is 1.41 bits per heavy atom. The van der Waals surface area contributed by atoms with Crippen LogP contribution in [-0.4, -0.2) is 35.6 Å². The lowest BCUT2D eigenvalue weighted by atomic mass is 10.1. The Kier molecular flexibility index (Phi) is 5.48. The Morgan fingerprint density at radius 2 is 2.19 bits per heavy atom. The first kappa shape index (κ1) is 18.9. The highest BCUT2D eigenvalue weighted by Crippen LogP contribution is 2.31. The molecule has 2 amide bonds. The van der Waals surface area contributed by atoms with Crippen molar-refractivity contribution in [2.45, 2.75) is 45.8 Å². The summed E-state index contributed by atoms with van der Waals surface area (Å²) in [5, 5.41) is 4.52. The van der Waals surface area contributed by atoms with Crippen LogP contribution in [0.5, 0.6) is 11.6 Å². The van der Waals surface area contributed by atoms with Gasteiger partial charge in [-0.2, -0.15) is 0 Å². The SMILES string of the molecule is CC(C)Oc1cc2c(OCC[C@@H]3C[C@H](C)C(=O)N3)nccc2cc1C(N)=O. The summed E-state index contributed by atoms with van der Waals surface area (Å²) in [5.74, 6) is 0.485. The number of ether oxygens (including phenoxy) is 2. The molecule has 2 atom stereocenters. The standard InChI is InChI=1S/C20H25N3O4/c1-11(2)27-17-10-15-13(9-16(17)18(21)24)4-6-22-20(15)26-7-5-14-8-12(3)19(25)23-14/h4,6,9-12,14H,5,7-8H2,1-3H3,(H2,21,24)(H,23,25)/t12-,14+/m0/s1.